The van der Waals surface area contributed by atoms with Crippen LogP contribution in [-0.2, 0) is 0 Å². The van der Waals surface area contributed by atoms with Gasteiger partial charge >= 0.3 is 0 Å². The van der Waals surface area contributed by atoms with Gasteiger partial charge in [-0.05, 0) is 36.8 Å². The van der Waals surface area contributed by atoms with Crippen LogP contribution in [0, 0.1) is 6.92 Å². The number of aromatic nitrogens is 1. The molecule has 88 valence electrons. The third-order valence-electron chi connectivity index (χ3n) is 2.24. The molecule has 3 N–H and O–H groups in total. The zero-order valence-corrected chi connectivity index (χ0v) is 10.7. The van der Waals surface area contributed by atoms with Crippen molar-refractivity contribution in [3.63, 3.8) is 0 Å². The molecule has 3 nitrogen and oxygen atoms in total. The molecule has 0 fully saturated rings. The lowest BCUT2D eigenvalue weighted by molar-refractivity contribution is 1.26. The van der Waals surface area contributed by atoms with Crippen molar-refractivity contribution in [2.45, 2.75) is 6.92 Å². The summed E-state index contributed by atoms with van der Waals surface area (Å²) in [5.41, 5.74) is 8.26. The van der Waals surface area contributed by atoms with Crippen LogP contribution in [0.5, 0.6) is 0 Å². The lowest BCUT2D eigenvalue weighted by Gasteiger charge is -2.09. The van der Waals surface area contributed by atoms with Crippen LogP contribution in [-0.4, -0.2) is 4.98 Å². The van der Waals surface area contributed by atoms with Crippen LogP contribution in [0.15, 0.2) is 30.5 Å². The third kappa shape index (κ3) is 2.81. The van der Waals surface area contributed by atoms with Gasteiger partial charge in [0, 0.05) is 11.9 Å². The van der Waals surface area contributed by atoms with Gasteiger partial charge in [0.25, 0.3) is 0 Å². The Labute approximate surface area is 110 Å². The second kappa shape index (κ2) is 4.82. The zero-order chi connectivity index (χ0) is 12.4. The molecule has 0 aliphatic rings. The van der Waals surface area contributed by atoms with Crippen molar-refractivity contribution in [1.29, 1.82) is 0 Å². The summed E-state index contributed by atoms with van der Waals surface area (Å²) < 4.78 is 0. The number of nitrogens with two attached hydrogens (primary N) is 1. The molecule has 0 bridgehead atoms. The maximum Gasteiger partial charge on any atom is 0.153 e. The molecule has 2 rings (SSSR count). The van der Waals surface area contributed by atoms with Crippen LogP contribution >= 0.6 is 23.2 Å². The average molecular weight is 268 g/mol. The number of nitrogen functional groups attached to an aromatic ring is 1. The summed E-state index contributed by atoms with van der Waals surface area (Å²) in [4.78, 5) is 4.21. The highest BCUT2D eigenvalue weighted by atomic mass is 35.5. The van der Waals surface area contributed by atoms with Gasteiger partial charge in [0.2, 0.25) is 0 Å². The lowest BCUT2D eigenvalue weighted by atomic mass is 10.2. The number of hydrogen-bond acceptors (Lipinski definition) is 3. The first-order valence-corrected chi connectivity index (χ1v) is 5.76. The van der Waals surface area contributed by atoms with Crippen molar-refractivity contribution < 1.29 is 0 Å². The number of anilines is 3. The standard InChI is InChI=1S/C12H11Cl2N3/c1-7-4-11(15)12(16-6-7)17-8-2-3-9(13)10(14)5-8/h2-6H,15H2,1H3,(H,16,17). The Morgan fingerprint density at radius 2 is 1.94 bits per heavy atom. The predicted octanol–water partition coefficient (Wildman–Crippen LogP) is 4.02. The molecule has 1 heterocycles. The van der Waals surface area contributed by atoms with E-state index in [9.17, 15) is 0 Å². The van der Waals surface area contributed by atoms with E-state index < -0.39 is 0 Å². The molecule has 0 atom stereocenters. The Kier molecular flexibility index (Phi) is 3.41. The van der Waals surface area contributed by atoms with Gasteiger partial charge in [0.05, 0.1) is 15.7 Å². The van der Waals surface area contributed by atoms with Crippen LogP contribution in [0.1, 0.15) is 5.56 Å². The molecule has 0 aliphatic heterocycles. The van der Waals surface area contributed by atoms with Crippen molar-refractivity contribution in [2.24, 2.45) is 0 Å². The molecule has 0 saturated carbocycles. The molecular formula is C12H11Cl2N3. The number of pyridine rings is 1. The minimum Gasteiger partial charge on any atom is -0.396 e. The second-order valence-electron chi connectivity index (χ2n) is 3.70. The SMILES string of the molecule is Cc1cnc(Nc2ccc(Cl)c(Cl)c2)c(N)c1. The van der Waals surface area contributed by atoms with Gasteiger partial charge in [-0.1, -0.05) is 23.2 Å². The zero-order valence-electron chi connectivity index (χ0n) is 9.17. The number of aryl methyl sites for hydroxylation is 1. The first-order chi connectivity index (χ1) is 8.06. The number of hydrogen-bond donors (Lipinski definition) is 2. The monoisotopic (exact) mass is 267 g/mol. The Hall–Kier alpha value is -1.45. The van der Waals surface area contributed by atoms with Crippen molar-refractivity contribution in [3.05, 3.63) is 46.1 Å². The summed E-state index contributed by atoms with van der Waals surface area (Å²) in [6.07, 6.45) is 1.75. The molecule has 0 unspecified atom stereocenters. The number of nitrogens with one attached hydrogen (secondary N) is 1. The molecule has 5 heteroatoms. The third-order valence-corrected chi connectivity index (χ3v) is 2.98. The van der Waals surface area contributed by atoms with E-state index in [-0.39, 0.29) is 0 Å². The van der Waals surface area contributed by atoms with Gasteiger partial charge in [-0.25, -0.2) is 4.98 Å². The van der Waals surface area contributed by atoms with Crippen LogP contribution in [0.4, 0.5) is 17.2 Å². The van der Waals surface area contributed by atoms with Crippen LogP contribution in [0.25, 0.3) is 0 Å². The summed E-state index contributed by atoms with van der Waals surface area (Å²) in [5.74, 6) is 0.606. The highest BCUT2D eigenvalue weighted by Gasteiger charge is 2.03. The highest BCUT2D eigenvalue weighted by molar-refractivity contribution is 6.42. The Morgan fingerprint density at radius 3 is 2.59 bits per heavy atom. The largest absolute Gasteiger partial charge is 0.396 e. The van der Waals surface area contributed by atoms with Gasteiger partial charge in [-0.2, -0.15) is 0 Å². The molecule has 0 aliphatic carbocycles. The molecule has 1 aromatic carbocycles. The van der Waals surface area contributed by atoms with Crippen molar-refractivity contribution >= 4 is 40.4 Å². The fraction of sp³-hybridized carbons (Fsp3) is 0.0833. The lowest BCUT2D eigenvalue weighted by Crippen LogP contribution is -1.99. The summed E-state index contributed by atoms with van der Waals surface area (Å²) in [5, 5.41) is 4.09. The summed E-state index contributed by atoms with van der Waals surface area (Å²) in [6.45, 7) is 1.94. The van der Waals surface area contributed by atoms with Gasteiger partial charge in [-0.3, -0.25) is 0 Å². The fourth-order valence-electron chi connectivity index (χ4n) is 1.41. The van der Waals surface area contributed by atoms with E-state index in [4.69, 9.17) is 28.9 Å². The molecule has 17 heavy (non-hydrogen) atoms. The van der Waals surface area contributed by atoms with Crippen molar-refractivity contribution in [1.82, 2.24) is 4.98 Å². The minimum absolute atomic E-state index is 0.488. The van der Waals surface area contributed by atoms with Crippen LogP contribution in [0.3, 0.4) is 0 Å². The molecule has 2 aromatic rings. The smallest absolute Gasteiger partial charge is 0.153 e. The number of benzene rings is 1. The molecule has 0 saturated heterocycles. The van der Waals surface area contributed by atoms with Gasteiger partial charge in [0.15, 0.2) is 5.82 Å². The molecule has 0 spiro atoms. The van der Waals surface area contributed by atoms with E-state index in [2.05, 4.69) is 10.3 Å². The van der Waals surface area contributed by atoms with E-state index >= 15 is 0 Å². The van der Waals surface area contributed by atoms with Crippen LogP contribution in [0.2, 0.25) is 10.0 Å². The van der Waals surface area contributed by atoms with Gasteiger partial charge in [0.1, 0.15) is 0 Å². The van der Waals surface area contributed by atoms with E-state index in [0.29, 0.717) is 21.6 Å². The summed E-state index contributed by atoms with van der Waals surface area (Å²) in [7, 11) is 0. The van der Waals surface area contributed by atoms with E-state index in [1.807, 2.05) is 19.1 Å². The highest BCUT2D eigenvalue weighted by Crippen LogP contribution is 2.28. The summed E-state index contributed by atoms with van der Waals surface area (Å²) in [6, 6.07) is 7.11. The Bertz CT molecular complexity index is 555. The Morgan fingerprint density at radius 1 is 1.18 bits per heavy atom. The predicted molar refractivity (Wildman–Crippen MR) is 73.1 cm³/mol. The van der Waals surface area contributed by atoms with Crippen molar-refractivity contribution in [3.8, 4) is 0 Å². The van der Waals surface area contributed by atoms with E-state index in [1.165, 1.54) is 0 Å². The molecule has 0 radical (unpaired) electrons. The Balaban J connectivity index is 2.28. The topological polar surface area (TPSA) is 50.9 Å². The number of rotatable bonds is 2. The molecular weight excluding hydrogens is 257 g/mol. The molecule has 0 amide bonds. The minimum atomic E-state index is 0.488. The first kappa shape index (κ1) is 12.0. The first-order valence-electron chi connectivity index (χ1n) is 5.00. The maximum atomic E-state index is 5.92. The molecule has 1 aromatic heterocycles. The maximum absolute atomic E-state index is 5.92. The van der Waals surface area contributed by atoms with Crippen LogP contribution < -0.4 is 11.1 Å². The van der Waals surface area contributed by atoms with Gasteiger partial charge < -0.3 is 11.1 Å². The van der Waals surface area contributed by atoms with E-state index in [0.717, 1.165) is 11.3 Å². The normalized spacial score (nSPS) is 10.3. The average Bonchev–Trinajstić information content (AvgIpc) is 2.27. The van der Waals surface area contributed by atoms with Gasteiger partial charge in [-0.15, -0.1) is 0 Å². The van der Waals surface area contributed by atoms with Crippen molar-refractivity contribution in [2.75, 3.05) is 11.1 Å². The number of nitrogens with zero attached hydrogens (tertiary/aromatic N) is 1. The quantitative estimate of drug-likeness (QED) is 0.864. The number of halogens is 2. The fourth-order valence-corrected chi connectivity index (χ4v) is 1.70. The van der Waals surface area contributed by atoms with E-state index in [1.54, 1.807) is 18.3 Å². The summed E-state index contributed by atoms with van der Waals surface area (Å²) >= 11 is 11.8. The second-order valence-corrected chi connectivity index (χ2v) is 4.52.